The molecular weight excluding hydrogens is 603 g/mol. The van der Waals surface area contributed by atoms with E-state index in [1.54, 1.807) is 35.2 Å². The van der Waals surface area contributed by atoms with E-state index in [0.717, 1.165) is 24.0 Å². The second kappa shape index (κ2) is 12.6. The molecule has 218 valence electrons. The van der Waals surface area contributed by atoms with Gasteiger partial charge in [-0.15, -0.1) is 0 Å². The normalized spacial score (nSPS) is 16.2. The van der Waals surface area contributed by atoms with Gasteiger partial charge in [0.2, 0.25) is 0 Å². The zero-order valence-corrected chi connectivity index (χ0v) is 24.5. The van der Waals surface area contributed by atoms with E-state index in [1.807, 2.05) is 24.3 Å². The summed E-state index contributed by atoms with van der Waals surface area (Å²) >= 11 is 19.1. The topological polar surface area (TPSA) is 128 Å². The van der Waals surface area contributed by atoms with Crippen LogP contribution in [0.4, 0.5) is 4.79 Å². The first-order valence-corrected chi connectivity index (χ1v) is 14.5. The van der Waals surface area contributed by atoms with Crippen molar-refractivity contribution in [1.82, 2.24) is 20.9 Å². The van der Waals surface area contributed by atoms with Gasteiger partial charge in [-0.05, 0) is 65.8 Å². The third kappa shape index (κ3) is 6.33. The third-order valence-corrected chi connectivity index (χ3v) is 8.45. The van der Waals surface area contributed by atoms with Crippen LogP contribution in [-0.2, 0) is 24.2 Å². The summed E-state index contributed by atoms with van der Waals surface area (Å²) in [4.78, 5) is 52.3. The van der Waals surface area contributed by atoms with Crippen molar-refractivity contribution in [2.24, 2.45) is 0 Å². The van der Waals surface area contributed by atoms with E-state index in [1.165, 1.54) is 0 Å². The van der Waals surface area contributed by atoms with Gasteiger partial charge < -0.3 is 26.0 Å². The van der Waals surface area contributed by atoms with E-state index < -0.39 is 23.9 Å². The molecular formula is C30H27Cl3N4O5. The number of urea groups is 1. The fourth-order valence-corrected chi connectivity index (χ4v) is 6.33. The number of amides is 4. The fraction of sp³-hybridized carbons (Fsp3) is 0.267. The molecule has 1 unspecified atom stereocenters. The number of aliphatic carboxylic acids is 1. The lowest BCUT2D eigenvalue weighted by Crippen LogP contribution is -2.50. The molecule has 4 amide bonds. The van der Waals surface area contributed by atoms with Crippen LogP contribution < -0.4 is 16.0 Å². The maximum atomic E-state index is 13.2. The van der Waals surface area contributed by atoms with Gasteiger partial charge in [-0.3, -0.25) is 9.59 Å². The van der Waals surface area contributed by atoms with Crippen LogP contribution in [0.3, 0.4) is 0 Å². The molecule has 0 saturated carbocycles. The summed E-state index contributed by atoms with van der Waals surface area (Å²) in [5, 5.41) is 18.1. The number of fused-ring (bicyclic) bond motifs is 2. The third-order valence-electron chi connectivity index (χ3n) is 7.50. The average Bonchev–Trinajstić information content (AvgIpc) is 3.36. The molecule has 1 aliphatic carbocycles. The fourth-order valence-electron chi connectivity index (χ4n) is 5.38. The van der Waals surface area contributed by atoms with Crippen molar-refractivity contribution in [3.8, 4) is 0 Å². The molecule has 2 atom stereocenters. The molecule has 5 rings (SSSR count). The van der Waals surface area contributed by atoms with Crippen LogP contribution in [0.1, 0.15) is 55.4 Å². The molecule has 0 radical (unpaired) electrons. The smallest absolute Gasteiger partial charge is 0.328 e. The maximum Gasteiger partial charge on any atom is 0.328 e. The summed E-state index contributed by atoms with van der Waals surface area (Å²) in [6, 6.07) is 13.9. The van der Waals surface area contributed by atoms with Gasteiger partial charge in [-0.25, -0.2) is 9.59 Å². The Morgan fingerprint density at radius 3 is 2.52 bits per heavy atom. The number of nitrogens with one attached hydrogen (secondary N) is 3. The van der Waals surface area contributed by atoms with Gasteiger partial charge in [0.05, 0.1) is 28.2 Å². The van der Waals surface area contributed by atoms with Crippen LogP contribution in [0, 0.1) is 0 Å². The number of hydrogen-bond donors (Lipinski definition) is 4. The second-order valence-electron chi connectivity index (χ2n) is 10.2. The van der Waals surface area contributed by atoms with Gasteiger partial charge in [0.1, 0.15) is 6.04 Å². The SMILES string of the molecule is O=C(NCC(NC(=O)c1c(Cl)cc2c(c1Cl)CCN(C(=O)c1cccc(Cl)c1)C2)C(=O)O)N[C@@H]1CCc2ccccc21. The van der Waals surface area contributed by atoms with E-state index in [-0.39, 0.29) is 40.6 Å². The lowest BCUT2D eigenvalue weighted by molar-refractivity contribution is -0.139. The van der Waals surface area contributed by atoms with Gasteiger partial charge in [0.15, 0.2) is 0 Å². The van der Waals surface area contributed by atoms with Crippen LogP contribution in [-0.4, -0.2) is 53.0 Å². The minimum absolute atomic E-state index is 0.0167. The highest BCUT2D eigenvalue weighted by molar-refractivity contribution is 6.40. The Morgan fingerprint density at radius 2 is 1.76 bits per heavy atom. The van der Waals surface area contributed by atoms with E-state index in [0.29, 0.717) is 34.7 Å². The van der Waals surface area contributed by atoms with Crippen molar-refractivity contribution >= 4 is 58.6 Å². The molecule has 2 aliphatic rings. The van der Waals surface area contributed by atoms with Crippen molar-refractivity contribution < 1.29 is 24.3 Å². The van der Waals surface area contributed by atoms with Crippen molar-refractivity contribution in [3.63, 3.8) is 0 Å². The predicted octanol–water partition coefficient (Wildman–Crippen LogP) is 5.02. The Kier molecular flexibility index (Phi) is 8.91. The minimum atomic E-state index is -1.44. The molecule has 1 aliphatic heterocycles. The summed E-state index contributed by atoms with van der Waals surface area (Å²) in [5.41, 5.74) is 3.92. The van der Waals surface area contributed by atoms with E-state index in [4.69, 9.17) is 34.8 Å². The van der Waals surface area contributed by atoms with E-state index in [2.05, 4.69) is 16.0 Å². The van der Waals surface area contributed by atoms with Crippen LogP contribution in [0.15, 0.2) is 54.6 Å². The first-order chi connectivity index (χ1) is 20.1. The maximum absolute atomic E-state index is 13.2. The highest BCUT2D eigenvalue weighted by Gasteiger charge is 2.30. The van der Waals surface area contributed by atoms with Crippen molar-refractivity contribution in [1.29, 1.82) is 0 Å². The van der Waals surface area contributed by atoms with Crippen LogP contribution in [0.2, 0.25) is 15.1 Å². The molecule has 3 aromatic carbocycles. The molecule has 4 N–H and O–H groups in total. The first kappa shape index (κ1) is 29.7. The predicted molar refractivity (Wildman–Crippen MR) is 159 cm³/mol. The number of benzene rings is 3. The van der Waals surface area contributed by atoms with Crippen LogP contribution in [0.5, 0.6) is 0 Å². The number of carboxylic acids is 1. The number of halogens is 3. The summed E-state index contributed by atoms with van der Waals surface area (Å²) < 4.78 is 0. The number of aryl methyl sites for hydroxylation is 1. The Labute approximate surface area is 257 Å². The molecule has 0 bridgehead atoms. The Hall–Kier alpha value is -3.79. The summed E-state index contributed by atoms with van der Waals surface area (Å²) in [5.74, 6) is -2.32. The Morgan fingerprint density at radius 1 is 0.976 bits per heavy atom. The monoisotopic (exact) mass is 628 g/mol. The Bertz CT molecular complexity index is 1580. The van der Waals surface area contributed by atoms with E-state index in [9.17, 15) is 24.3 Å². The van der Waals surface area contributed by atoms with Gasteiger partial charge in [-0.2, -0.15) is 0 Å². The second-order valence-corrected chi connectivity index (χ2v) is 11.4. The van der Waals surface area contributed by atoms with Gasteiger partial charge >= 0.3 is 12.0 Å². The van der Waals surface area contributed by atoms with Gasteiger partial charge in [0, 0.05) is 23.7 Å². The van der Waals surface area contributed by atoms with Crippen molar-refractivity contribution in [3.05, 3.63) is 103 Å². The summed E-state index contributed by atoms with van der Waals surface area (Å²) in [6.45, 7) is 0.218. The van der Waals surface area contributed by atoms with Crippen molar-refractivity contribution in [2.45, 2.75) is 37.9 Å². The molecule has 1 heterocycles. The number of carboxylic acid groups (broad SMARTS) is 1. The molecule has 0 aromatic heterocycles. The molecule has 3 aromatic rings. The number of nitrogens with zero attached hydrogens (tertiary/aromatic N) is 1. The summed E-state index contributed by atoms with van der Waals surface area (Å²) in [7, 11) is 0. The first-order valence-electron chi connectivity index (χ1n) is 13.3. The molecule has 42 heavy (non-hydrogen) atoms. The molecule has 9 nitrogen and oxygen atoms in total. The van der Waals surface area contributed by atoms with Crippen LogP contribution >= 0.6 is 34.8 Å². The number of carbonyl (C=O) groups excluding carboxylic acids is 3. The van der Waals surface area contributed by atoms with E-state index >= 15 is 0 Å². The average molecular weight is 630 g/mol. The number of hydrogen-bond acceptors (Lipinski definition) is 4. The number of rotatable bonds is 7. The lowest BCUT2D eigenvalue weighted by Gasteiger charge is -2.30. The quantitative estimate of drug-likeness (QED) is 0.292. The lowest BCUT2D eigenvalue weighted by atomic mass is 9.96. The molecule has 0 fully saturated rings. The number of carbonyl (C=O) groups is 4. The standard InChI is InChI=1S/C30H27Cl3N4O5/c31-19-6-3-5-17(12-19)28(39)37-11-10-21-18(15-37)13-22(32)25(26(21)33)27(38)35-24(29(40)41)14-34-30(42)36-23-9-8-16-4-1-2-7-20(16)23/h1-7,12-13,23-24H,8-11,14-15H2,(H,35,38)(H,40,41)(H2,34,36,42)/t23-,24?/m1/s1. The van der Waals surface area contributed by atoms with Crippen LogP contribution in [0.25, 0.3) is 0 Å². The van der Waals surface area contributed by atoms with Crippen molar-refractivity contribution in [2.75, 3.05) is 13.1 Å². The Balaban J connectivity index is 1.23. The zero-order chi connectivity index (χ0) is 30.0. The van der Waals surface area contributed by atoms with Gasteiger partial charge in [-0.1, -0.05) is 65.1 Å². The highest BCUT2D eigenvalue weighted by Crippen LogP contribution is 2.35. The molecule has 0 spiro atoms. The minimum Gasteiger partial charge on any atom is -0.480 e. The highest BCUT2D eigenvalue weighted by atomic mass is 35.5. The summed E-state index contributed by atoms with van der Waals surface area (Å²) in [6.07, 6.45) is 1.95. The molecule has 0 saturated heterocycles. The largest absolute Gasteiger partial charge is 0.480 e. The molecule has 12 heteroatoms. The zero-order valence-electron chi connectivity index (χ0n) is 22.3. The van der Waals surface area contributed by atoms with Gasteiger partial charge in [0.25, 0.3) is 11.8 Å².